The lowest BCUT2D eigenvalue weighted by molar-refractivity contribution is -0.171. The first-order valence-electron chi connectivity index (χ1n) is 34.0. The van der Waals surface area contributed by atoms with Crippen molar-refractivity contribution in [1.29, 1.82) is 0 Å². The van der Waals surface area contributed by atoms with Crippen LogP contribution < -0.4 is 49.6 Å². The Labute approximate surface area is 572 Å². The highest BCUT2D eigenvalue weighted by atomic mass is 31.1. The fraction of sp³-hybridized carbons (Fsp3) is 0.444. The van der Waals surface area contributed by atoms with Gasteiger partial charge < -0.3 is 68.1 Å². The van der Waals surface area contributed by atoms with Crippen LogP contribution in [-0.2, 0) is 33.4 Å². The van der Waals surface area contributed by atoms with Crippen molar-refractivity contribution in [1.82, 2.24) is 31.4 Å². The Morgan fingerprint density at radius 1 is 0.500 bits per heavy atom. The predicted molar refractivity (Wildman–Crippen MR) is 368 cm³/mol. The molecule has 6 amide bonds. The van der Waals surface area contributed by atoms with E-state index < -0.39 is 67.7 Å². The number of carbonyl (C=O) groups is 8. The van der Waals surface area contributed by atoms with E-state index >= 15 is 0 Å². The summed E-state index contributed by atoms with van der Waals surface area (Å²) in [6.07, 6.45) is 11.3. The molecule has 0 unspecified atom stereocenters. The van der Waals surface area contributed by atoms with E-state index in [2.05, 4.69) is 31.1 Å². The Hall–Kier alpha value is -9.77. The van der Waals surface area contributed by atoms with Crippen molar-refractivity contribution < 1.29 is 80.0 Å². The molecule has 0 spiro atoms. The van der Waals surface area contributed by atoms with Gasteiger partial charge in [0.2, 0.25) is 24.6 Å². The highest BCUT2D eigenvalue weighted by Crippen LogP contribution is 2.40. The Bertz CT molecular complexity index is 3410. The van der Waals surface area contributed by atoms with Crippen molar-refractivity contribution in [3.05, 3.63) is 132 Å². The van der Waals surface area contributed by atoms with E-state index in [1.54, 1.807) is 76.2 Å². The number of ether oxygens (including phenoxy) is 2. The van der Waals surface area contributed by atoms with Gasteiger partial charge in [0.1, 0.15) is 34.5 Å². The number of rotatable bonds is 40. The summed E-state index contributed by atoms with van der Waals surface area (Å²) in [5.74, 6) is -4.25. The van der Waals surface area contributed by atoms with Crippen LogP contribution in [0.4, 0.5) is 11.4 Å². The molecule has 2 aliphatic heterocycles. The van der Waals surface area contributed by atoms with Crippen molar-refractivity contribution in [3.63, 3.8) is 0 Å². The van der Waals surface area contributed by atoms with Gasteiger partial charge in [0.25, 0.3) is 11.8 Å². The van der Waals surface area contributed by atoms with E-state index in [-0.39, 0.29) is 85.1 Å². The van der Waals surface area contributed by atoms with Crippen LogP contribution in [0, 0.1) is 11.8 Å². The highest BCUT2D eigenvalue weighted by Gasteiger charge is 2.36. The maximum Gasteiger partial charge on any atom is 0.418 e. The fourth-order valence-electron chi connectivity index (χ4n) is 12.1. The zero-order valence-electron chi connectivity index (χ0n) is 56.6. The van der Waals surface area contributed by atoms with Crippen LogP contribution in [0.5, 0.6) is 23.0 Å². The van der Waals surface area contributed by atoms with Crippen LogP contribution in [0.3, 0.4) is 0 Å². The number of hydrogen-bond acceptors (Lipinski definition) is 19. The minimum Gasteiger partial charge on any atom is -0.494 e. The molecule has 6 aromatic rings. The molecule has 25 nitrogen and oxygen atoms in total. The molecule has 2 saturated heterocycles. The molecule has 0 saturated carbocycles. The van der Waals surface area contributed by atoms with Gasteiger partial charge in [-0.05, 0) is 162 Å². The van der Waals surface area contributed by atoms with Gasteiger partial charge >= 0.3 is 20.2 Å². The van der Waals surface area contributed by atoms with Crippen LogP contribution in [0.15, 0.2) is 118 Å². The standard InChI is InChI=1S/C72H91N8O17P/c1-7-13-15-21-59(61(9-3)79(47-81)94-71(87)49-23-27-53(28-24-49)77-35-17-18-36-77)67(83)73-45-75-69(85)65-33-31-63(92-65)51-39-55(90-11-5)43-57(41-51)96-98(89)97-58-42-52(40-56(44-58)91-12-6)64-32-34-66(93-64)70(86)76-46-74-68(84)60(22-16-14-8-2)62(10-4)80(48-82)95-72(88)50-25-29-54(30-26-50)78-37-19-20-38-78/h23-34,39-44,47-48,59-62,98H,7-22,35-38,45-46H2,1-6H3,(H,73,83)(H,74,84)(H,75,85)(H,76,86)/t59-,60-,61-,62-/m1/s1. The van der Waals surface area contributed by atoms with Gasteiger partial charge in [-0.15, -0.1) is 0 Å². The molecule has 0 radical (unpaired) electrons. The summed E-state index contributed by atoms with van der Waals surface area (Å²) >= 11 is 0. The molecule has 2 fully saturated rings. The van der Waals surface area contributed by atoms with E-state index in [1.807, 2.05) is 38.1 Å². The summed E-state index contributed by atoms with van der Waals surface area (Å²) in [4.78, 5) is 122. The number of amides is 6. The number of nitrogens with one attached hydrogen (secondary N) is 4. The molecule has 526 valence electrons. The van der Waals surface area contributed by atoms with Crippen molar-refractivity contribution in [2.45, 2.75) is 144 Å². The molecule has 4 aromatic carbocycles. The highest BCUT2D eigenvalue weighted by molar-refractivity contribution is 7.34. The summed E-state index contributed by atoms with van der Waals surface area (Å²) < 4.78 is 49.1. The SMILES string of the molecule is CCCCC[C@@H](C(=O)NCNC(=O)c1ccc(-c2cc(OCC)cc(O[PH](=O)Oc3cc(OCC)cc(-c4ccc(C(=O)NCNC(=O)[C@H](CCCCC)[C@@H](CC)N(C=O)OC(=O)c5ccc(N6CCCC6)cc5)o4)c3)c2)o1)[C@@H](CC)N(C=O)OC(=O)c1ccc(N2CCCC2)cc1. The molecule has 2 aliphatic rings. The van der Waals surface area contributed by atoms with Crippen molar-refractivity contribution in [2.24, 2.45) is 11.8 Å². The number of hydroxylamine groups is 4. The molecular formula is C72H91N8O17P. The molecule has 4 N–H and O–H groups in total. The summed E-state index contributed by atoms with van der Waals surface area (Å²) in [7, 11) is -3.40. The van der Waals surface area contributed by atoms with Crippen LogP contribution in [0.1, 0.15) is 173 Å². The fourth-order valence-corrected chi connectivity index (χ4v) is 12.7. The third-order valence-corrected chi connectivity index (χ3v) is 17.9. The van der Waals surface area contributed by atoms with E-state index in [0.29, 0.717) is 61.1 Å². The lowest BCUT2D eigenvalue weighted by Crippen LogP contribution is -2.49. The van der Waals surface area contributed by atoms with Gasteiger partial charge in [0, 0.05) is 60.8 Å². The average Bonchev–Trinajstić information content (AvgIpc) is 1.30. The number of carbonyl (C=O) groups excluding carboxylic acids is 8. The molecule has 98 heavy (non-hydrogen) atoms. The first-order chi connectivity index (χ1) is 47.6. The Morgan fingerprint density at radius 3 is 1.22 bits per heavy atom. The Kier molecular flexibility index (Phi) is 28.5. The van der Waals surface area contributed by atoms with Crippen molar-refractivity contribution >= 4 is 68.0 Å². The summed E-state index contributed by atoms with van der Waals surface area (Å²) in [6, 6.07) is 27.8. The van der Waals surface area contributed by atoms with Gasteiger partial charge in [0.15, 0.2) is 11.5 Å². The average molecular weight is 1370 g/mol. The summed E-state index contributed by atoms with van der Waals surface area (Å²) in [5.41, 5.74) is 3.29. The third kappa shape index (κ3) is 20.6. The number of benzene rings is 4. The monoisotopic (exact) mass is 1370 g/mol. The molecule has 4 heterocycles. The van der Waals surface area contributed by atoms with Crippen LogP contribution in [0.25, 0.3) is 22.6 Å². The normalized spacial score (nSPS) is 13.9. The maximum atomic E-state index is 13.9. The number of hydrogen-bond donors (Lipinski definition) is 4. The van der Waals surface area contributed by atoms with E-state index in [0.717, 1.165) is 99.0 Å². The maximum absolute atomic E-state index is 13.9. The molecule has 26 heteroatoms. The largest absolute Gasteiger partial charge is 0.494 e. The number of nitrogens with zero attached hydrogens (tertiary/aromatic N) is 4. The van der Waals surface area contributed by atoms with Crippen LogP contribution >= 0.6 is 8.25 Å². The summed E-state index contributed by atoms with van der Waals surface area (Å²) in [6.45, 7) is 14.9. The van der Waals surface area contributed by atoms with E-state index in [1.165, 1.54) is 36.4 Å². The summed E-state index contributed by atoms with van der Waals surface area (Å²) in [5, 5.41) is 12.7. The minimum atomic E-state index is -3.40. The number of furan rings is 2. The van der Waals surface area contributed by atoms with Crippen molar-refractivity contribution in [3.8, 4) is 45.6 Å². The van der Waals surface area contributed by atoms with Crippen LogP contribution in [-0.4, -0.2) is 123 Å². The van der Waals surface area contributed by atoms with Gasteiger partial charge in [-0.3, -0.25) is 28.8 Å². The second-order valence-electron chi connectivity index (χ2n) is 23.8. The molecule has 8 rings (SSSR count). The predicted octanol–water partition coefficient (Wildman–Crippen LogP) is 12.1. The quantitative estimate of drug-likeness (QED) is 0.00913. The molecular weight excluding hydrogens is 1280 g/mol. The Balaban J connectivity index is 0.856. The van der Waals surface area contributed by atoms with Gasteiger partial charge in [0.05, 0.1) is 61.6 Å². The van der Waals surface area contributed by atoms with E-state index in [4.69, 9.17) is 37.0 Å². The first kappa shape index (κ1) is 74.0. The lowest BCUT2D eigenvalue weighted by Gasteiger charge is -2.31. The molecule has 2 aromatic heterocycles. The first-order valence-corrected chi connectivity index (χ1v) is 35.2. The topological polar surface area (TPSA) is 296 Å². The third-order valence-electron chi connectivity index (χ3n) is 17.1. The van der Waals surface area contributed by atoms with Gasteiger partial charge in [-0.1, -0.05) is 66.2 Å². The van der Waals surface area contributed by atoms with E-state index in [9.17, 15) is 42.9 Å². The zero-order chi connectivity index (χ0) is 69.9. The minimum absolute atomic E-state index is 0.0722. The second-order valence-corrected chi connectivity index (χ2v) is 24.7. The van der Waals surface area contributed by atoms with Gasteiger partial charge in [-0.2, -0.15) is 10.1 Å². The Morgan fingerprint density at radius 2 is 0.878 bits per heavy atom. The number of unbranched alkanes of at least 4 members (excludes halogenated alkanes) is 4. The number of anilines is 2. The van der Waals surface area contributed by atoms with Crippen LogP contribution in [0.2, 0.25) is 0 Å². The second kappa shape index (κ2) is 37.7. The smallest absolute Gasteiger partial charge is 0.418 e. The van der Waals surface area contributed by atoms with Gasteiger partial charge in [-0.25, -0.2) is 14.2 Å². The lowest BCUT2D eigenvalue weighted by atomic mass is 9.90. The molecule has 0 bridgehead atoms. The zero-order valence-corrected chi connectivity index (χ0v) is 57.6. The molecule has 0 aliphatic carbocycles. The molecule has 4 atom stereocenters. The van der Waals surface area contributed by atoms with Crippen molar-refractivity contribution in [2.75, 3.05) is 62.5 Å².